The van der Waals surface area contributed by atoms with Crippen LogP contribution in [0.3, 0.4) is 0 Å². The molecule has 1 aliphatic carbocycles. The lowest BCUT2D eigenvalue weighted by atomic mass is 9.65. The van der Waals surface area contributed by atoms with E-state index in [1.54, 1.807) is 0 Å². The normalized spacial score (nSPS) is 39.3. The van der Waals surface area contributed by atoms with Gasteiger partial charge in [-0.2, -0.15) is 0 Å². The van der Waals surface area contributed by atoms with Crippen LogP contribution >= 0.6 is 0 Å². The Morgan fingerprint density at radius 1 is 1.00 bits per heavy atom. The summed E-state index contributed by atoms with van der Waals surface area (Å²) < 4.78 is 0. The average molecular weight is 278 g/mol. The predicted octanol–water partition coefficient (Wildman–Crippen LogP) is 3.76. The highest BCUT2D eigenvalue weighted by atomic mass is 15.2. The molecule has 3 aliphatic rings. The van der Waals surface area contributed by atoms with E-state index in [2.05, 4.69) is 37.5 Å². The van der Waals surface area contributed by atoms with Gasteiger partial charge in [0.25, 0.3) is 0 Å². The summed E-state index contributed by atoms with van der Waals surface area (Å²) in [7, 11) is 0. The number of likely N-dealkylation sites (tertiary alicyclic amines) is 2. The van der Waals surface area contributed by atoms with E-state index in [-0.39, 0.29) is 0 Å². The second kappa shape index (κ2) is 5.28. The maximum absolute atomic E-state index is 2.93. The van der Waals surface area contributed by atoms with Crippen molar-refractivity contribution in [2.45, 2.75) is 78.3 Å². The van der Waals surface area contributed by atoms with Crippen LogP contribution in [-0.4, -0.2) is 48.1 Å². The molecule has 116 valence electrons. The molecular formula is C18H34N2. The fourth-order valence-electron chi connectivity index (χ4n) is 5.72. The molecule has 0 N–H and O–H groups in total. The smallest absolute Gasteiger partial charge is 0.0123 e. The molecule has 0 aromatic rings. The summed E-state index contributed by atoms with van der Waals surface area (Å²) in [6.07, 6.45) is 8.45. The monoisotopic (exact) mass is 278 g/mol. The summed E-state index contributed by atoms with van der Waals surface area (Å²) >= 11 is 0. The second-order valence-electron chi connectivity index (χ2n) is 8.96. The van der Waals surface area contributed by atoms with Gasteiger partial charge in [-0.05, 0) is 69.0 Å². The van der Waals surface area contributed by atoms with E-state index in [9.17, 15) is 0 Å². The van der Waals surface area contributed by atoms with Crippen molar-refractivity contribution in [3.05, 3.63) is 0 Å². The minimum atomic E-state index is 0.565. The molecule has 0 amide bonds. The topological polar surface area (TPSA) is 6.48 Å². The van der Waals surface area contributed by atoms with Crippen molar-refractivity contribution in [1.82, 2.24) is 9.80 Å². The number of hydrogen-bond acceptors (Lipinski definition) is 2. The van der Waals surface area contributed by atoms with Crippen LogP contribution in [0.25, 0.3) is 0 Å². The van der Waals surface area contributed by atoms with Gasteiger partial charge in [-0.3, -0.25) is 4.90 Å². The van der Waals surface area contributed by atoms with Crippen LogP contribution in [0.5, 0.6) is 0 Å². The standard InChI is InChI=1S/C18H34N2/c1-5-8-19-9-6-15(7-10-19)20-14-18(4)12-16(20)11-17(2,3)13-18/h15-16H,5-14H2,1-4H3/t16-,18-/m0/s1. The number of fused-ring (bicyclic) bond motifs is 2. The van der Waals surface area contributed by atoms with Crippen LogP contribution in [0, 0.1) is 10.8 Å². The third-order valence-corrected chi connectivity index (χ3v) is 6.02. The Bertz CT molecular complexity index is 343. The van der Waals surface area contributed by atoms with Crippen molar-refractivity contribution < 1.29 is 0 Å². The first-order valence-electron chi connectivity index (χ1n) is 8.89. The molecular weight excluding hydrogens is 244 g/mol. The quantitative estimate of drug-likeness (QED) is 0.775. The molecule has 0 radical (unpaired) electrons. The highest BCUT2D eigenvalue weighted by molar-refractivity contribution is 5.04. The minimum Gasteiger partial charge on any atom is -0.303 e. The van der Waals surface area contributed by atoms with E-state index in [0.29, 0.717) is 10.8 Å². The van der Waals surface area contributed by atoms with E-state index >= 15 is 0 Å². The van der Waals surface area contributed by atoms with Crippen LogP contribution in [-0.2, 0) is 0 Å². The Kier molecular flexibility index (Phi) is 3.92. The van der Waals surface area contributed by atoms with Gasteiger partial charge in [-0.1, -0.05) is 27.7 Å². The Morgan fingerprint density at radius 2 is 1.70 bits per heavy atom. The molecule has 2 aliphatic heterocycles. The zero-order valence-electron chi connectivity index (χ0n) is 14.1. The molecule has 2 nitrogen and oxygen atoms in total. The molecule has 2 heteroatoms. The maximum atomic E-state index is 2.93. The molecule has 0 aromatic carbocycles. The van der Waals surface area contributed by atoms with Crippen molar-refractivity contribution >= 4 is 0 Å². The molecule has 0 aromatic heterocycles. The molecule has 2 bridgehead atoms. The highest BCUT2D eigenvalue weighted by Gasteiger charge is 2.51. The van der Waals surface area contributed by atoms with Gasteiger partial charge in [-0.15, -0.1) is 0 Å². The van der Waals surface area contributed by atoms with Gasteiger partial charge < -0.3 is 4.90 Å². The lowest BCUT2D eigenvalue weighted by molar-refractivity contribution is 0.0830. The fraction of sp³-hybridized carbons (Fsp3) is 1.00. The van der Waals surface area contributed by atoms with Gasteiger partial charge in [0, 0.05) is 18.6 Å². The summed E-state index contributed by atoms with van der Waals surface area (Å²) in [6.45, 7) is 15.2. The maximum Gasteiger partial charge on any atom is 0.0123 e. The van der Waals surface area contributed by atoms with Crippen molar-refractivity contribution in [2.24, 2.45) is 10.8 Å². The molecule has 0 spiro atoms. The van der Waals surface area contributed by atoms with Gasteiger partial charge in [0.05, 0.1) is 0 Å². The van der Waals surface area contributed by atoms with Crippen LogP contribution in [0.1, 0.15) is 66.2 Å². The largest absolute Gasteiger partial charge is 0.303 e. The zero-order chi connectivity index (χ0) is 14.4. The minimum absolute atomic E-state index is 0.565. The Balaban J connectivity index is 1.62. The van der Waals surface area contributed by atoms with Crippen molar-refractivity contribution in [2.75, 3.05) is 26.2 Å². The highest BCUT2D eigenvalue weighted by Crippen LogP contribution is 2.53. The van der Waals surface area contributed by atoms with E-state index < -0.39 is 0 Å². The summed E-state index contributed by atoms with van der Waals surface area (Å²) in [5.74, 6) is 0. The van der Waals surface area contributed by atoms with E-state index in [1.807, 2.05) is 0 Å². The number of hydrogen-bond donors (Lipinski definition) is 0. The van der Waals surface area contributed by atoms with Crippen LogP contribution < -0.4 is 0 Å². The molecule has 1 saturated carbocycles. The van der Waals surface area contributed by atoms with E-state index in [1.165, 1.54) is 64.7 Å². The van der Waals surface area contributed by atoms with E-state index in [4.69, 9.17) is 0 Å². The van der Waals surface area contributed by atoms with Crippen molar-refractivity contribution in [3.63, 3.8) is 0 Å². The van der Waals surface area contributed by atoms with Gasteiger partial charge >= 0.3 is 0 Å². The molecule has 2 atom stereocenters. The molecule has 3 rings (SSSR count). The van der Waals surface area contributed by atoms with Gasteiger partial charge in [-0.25, -0.2) is 0 Å². The Morgan fingerprint density at radius 3 is 2.35 bits per heavy atom. The molecule has 2 saturated heterocycles. The van der Waals surface area contributed by atoms with Gasteiger partial charge in [0.15, 0.2) is 0 Å². The van der Waals surface area contributed by atoms with E-state index in [0.717, 1.165) is 12.1 Å². The summed E-state index contributed by atoms with van der Waals surface area (Å²) in [6, 6.07) is 1.76. The molecule has 2 heterocycles. The van der Waals surface area contributed by atoms with Gasteiger partial charge in [0.1, 0.15) is 0 Å². The fourth-order valence-corrected chi connectivity index (χ4v) is 5.72. The lowest BCUT2D eigenvalue weighted by Gasteiger charge is -2.42. The predicted molar refractivity (Wildman–Crippen MR) is 86.0 cm³/mol. The first-order chi connectivity index (χ1) is 9.41. The summed E-state index contributed by atoms with van der Waals surface area (Å²) in [4.78, 5) is 5.60. The number of nitrogens with zero attached hydrogens (tertiary/aromatic N) is 2. The molecule has 0 unspecified atom stereocenters. The summed E-state index contributed by atoms with van der Waals surface area (Å²) in [5, 5.41) is 0. The third kappa shape index (κ3) is 2.92. The lowest BCUT2D eigenvalue weighted by Crippen LogP contribution is -2.47. The average Bonchev–Trinajstić information content (AvgIpc) is 2.60. The summed E-state index contributed by atoms with van der Waals surface area (Å²) in [5.41, 5.74) is 1.17. The molecule has 3 fully saturated rings. The van der Waals surface area contributed by atoms with Crippen LogP contribution in [0.15, 0.2) is 0 Å². The molecule has 20 heavy (non-hydrogen) atoms. The first kappa shape index (κ1) is 14.8. The third-order valence-electron chi connectivity index (χ3n) is 6.02. The van der Waals surface area contributed by atoms with Crippen molar-refractivity contribution in [1.29, 1.82) is 0 Å². The zero-order valence-corrected chi connectivity index (χ0v) is 14.1. The number of rotatable bonds is 3. The van der Waals surface area contributed by atoms with Crippen LogP contribution in [0.4, 0.5) is 0 Å². The second-order valence-corrected chi connectivity index (χ2v) is 8.96. The van der Waals surface area contributed by atoms with Gasteiger partial charge in [0.2, 0.25) is 0 Å². The Labute approximate surface area is 125 Å². The number of piperidine rings is 1. The SMILES string of the molecule is CCCN1CCC(N2C[C@@]3(C)C[C@@H]2CC(C)(C)C3)CC1. The van der Waals surface area contributed by atoms with Crippen molar-refractivity contribution in [3.8, 4) is 0 Å². The first-order valence-corrected chi connectivity index (χ1v) is 8.89. The Hall–Kier alpha value is -0.0800. The van der Waals surface area contributed by atoms with Crippen LogP contribution in [0.2, 0.25) is 0 Å².